The Balaban J connectivity index is 1.56. The van der Waals surface area contributed by atoms with Crippen LogP contribution in [0.2, 0.25) is 0 Å². The molecule has 1 aliphatic heterocycles. The fourth-order valence-electron chi connectivity index (χ4n) is 2.94. The zero-order valence-corrected chi connectivity index (χ0v) is 15.1. The molecule has 4 rings (SSSR count). The molecule has 1 aromatic heterocycles. The van der Waals surface area contributed by atoms with Crippen molar-refractivity contribution in [3.63, 3.8) is 0 Å². The van der Waals surface area contributed by atoms with Crippen molar-refractivity contribution < 1.29 is 24.0 Å². The SMILES string of the molecule is COc1ccc(-n2nc(C(=O)ON3C(=O)c4ccccc4C3=O)cc2C)cc1. The largest absolute Gasteiger partial charge is 0.497 e. The number of methoxy groups -OCH3 is 1. The summed E-state index contributed by atoms with van der Waals surface area (Å²) in [5.74, 6) is -1.57. The summed E-state index contributed by atoms with van der Waals surface area (Å²) in [7, 11) is 1.57. The van der Waals surface area contributed by atoms with Crippen LogP contribution in [0.4, 0.5) is 0 Å². The maximum atomic E-state index is 12.5. The topological polar surface area (TPSA) is 90.7 Å². The van der Waals surface area contributed by atoms with Crippen LogP contribution in [0.5, 0.6) is 5.75 Å². The Morgan fingerprint density at radius 3 is 2.14 bits per heavy atom. The third-order valence-corrected chi connectivity index (χ3v) is 4.34. The molecule has 0 saturated carbocycles. The first kappa shape index (κ1) is 17.5. The van der Waals surface area contributed by atoms with Gasteiger partial charge in [-0.3, -0.25) is 9.59 Å². The highest BCUT2D eigenvalue weighted by molar-refractivity contribution is 6.21. The van der Waals surface area contributed by atoms with Gasteiger partial charge in [-0.05, 0) is 49.4 Å². The van der Waals surface area contributed by atoms with E-state index in [1.807, 2.05) is 0 Å². The minimum Gasteiger partial charge on any atom is -0.497 e. The van der Waals surface area contributed by atoms with E-state index in [0.29, 0.717) is 16.5 Å². The molecular weight excluding hydrogens is 362 g/mol. The molecule has 0 fully saturated rings. The number of carbonyl (C=O) groups excluding carboxylic acids is 3. The van der Waals surface area contributed by atoms with Crippen LogP contribution in [0.25, 0.3) is 5.69 Å². The first-order chi connectivity index (χ1) is 13.5. The third-order valence-electron chi connectivity index (χ3n) is 4.34. The smallest absolute Gasteiger partial charge is 0.384 e. The Morgan fingerprint density at radius 2 is 1.57 bits per heavy atom. The third kappa shape index (κ3) is 2.81. The van der Waals surface area contributed by atoms with E-state index in [9.17, 15) is 14.4 Å². The number of ether oxygens (including phenoxy) is 1. The molecule has 28 heavy (non-hydrogen) atoms. The van der Waals surface area contributed by atoms with Gasteiger partial charge in [0.1, 0.15) is 5.75 Å². The molecule has 0 saturated heterocycles. The number of hydroxylamine groups is 2. The lowest BCUT2D eigenvalue weighted by Crippen LogP contribution is -2.32. The lowest BCUT2D eigenvalue weighted by molar-refractivity contribution is -0.0588. The molecule has 8 heteroatoms. The average molecular weight is 377 g/mol. The minimum atomic E-state index is -0.898. The number of hydrogen-bond acceptors (Lipinski definition) is 6. The van der Waals surface area contributed by atoms with Crippen molar-refractivity contribution in [1.82, 2.24) is 14.8 Å². The number of imide groups is 1. The van der Waals surface area contributed by atoms with E-state index in [-0.39, 0.29) is 16.8 Å². The molecule has 2 heterocycles. The highest BCUT2D eigenvalue weighted by atomic mass is 16.7. The highest BCUT2D eigenvalue weighted by Crippen LogP contribution is 2.23. The van der Waals surface area contributed by atoms with Crippen LogP contribution in [0.3, 0.4) is 0 Å². The standard InChI is InChI=1S/C20H15N3O5/c1-12-11-17(21-22(12)13-7-9-14(27-2)10-8-13)20(26)28-23-18(24)15-5-3-4-6-16(15)19(23)25/h3-11H,1-2H3. The molecule has 0 bridgehead atoms. The maximum absolute atomic E-state index is 12.5. The second kappa shape index (κ2) is 6.66. The van der Waals surface area contributed by atoms with Crippen molar-refractivity contribution in [3.05, 3.63) is 77.1 Å². The van der Waals surface area contributed by atoms with Crippen LogP contribution in [0.15, 0.2) is 54.6 Å². The number of benzene rings is 2. The zero-order chi connectivity index (χ0) is 19.8. The van der Waals surface area contributed by atoms with Crippen LogP contribution in [0, 0.1) is 6.92 Å². The van der Waals surface area contributed by atoms with Crippen molar-refractivity contribution in [1.29, 1.82) is 0 Å². The fraction of sp³-hybridized carbons (Fsp3) is 0.100. The molecule has 0 aliphatic carbocycles. The van der Waals surface area contributed by atoms with Gasteiger partial charge in [-0.2, -0.15) is 5.10 Å². The molecule has 0 N–H and O–H groups in total. The number of fused-ring (bicyclic) bond motifs is 1. The molecule has 2 amide bonds. The van der Waals surface area contributed by atoms with Crippen molar-refractivity contribution in [3.8, 4) is 11.4 Å². The van der Waals surface area contributed by atoms with Gasteiger partial charge in [-0.25, -0.2) is 9.48 Å². The molecule has 140 valence electrons. The monoisotopic (exact) mass is 377 g/mol. The number of carbonyl (C=O) groups is 3. The molecule has 0 radical (unpaired) electrons. The Bertz CT molecular complexity index is 1070. The summed E-state index contributed by atoms with van der Waals surface area (Å²) >= 11 is 0. The van der Waals surface area contributed by atoms with Gasteiger partial charge in [-0.15, -0.1) is 0 Å². The van der Waals surface area contributed by atoms with Gasteiger partial charge in [-0.1, -0.05) is 17.2 Å². The number of rotatable bonds is 4. The first-order valence-electron chi connectivity index (χ1n) is 8.41. The van der Waals surface area contributed by atoms with Crippen molar-refractivity contribution >= 4 is 17.8 Å². The quantitative estimate of drug-likeness (QED) is 0.649. The molecule has 1 aliphatic rings. The van der Waals surface area contributed by atoms with E-state index in [1.54, 1.807) is 55.1 Å². The molecule has 0 spiro atoms. The second-order valence-electron chi connectivity index (χ2n) is 6.11. The second-order valence-corrected chi connectivity index (χ2v) is 6.11. The summed E-state index contributed by atoms with van der Waals surface area (Å²) in [6, 6.07) is 14.9. The van der Waals surface area contributed by atoms with Crippen LogP contribution in [0.1, 0.15) is 36.9 Å². The van der Waals surface area contributed by atoms with E-state index < -0.39 is 17.8 Å². The van der Waals surface area contributed by atoms with Gasteiger partial charge >= 0.3 is 5.97 Å². The summed E-state index contributed by atoms with van der Waals surface area (Å²) in [5.41, 5.74) is 1.77. The van der Waals surface area contributed by atoms with E-state index in [0.717, 1.165) is 5.69 Å². The molecule has 0 atom stereocenters. The molecule has 2 aromatic carbocycles. The van der Waals surface area contributed by atoms with Crippen LogP contribution in [-0.4, -0.2) is 39.7 Å². The Kier molecular flexibility index (Phi) is 4.15. The summed E-state index contributed by atoms with van der Waals surface area (Å²) in [4.78, 5) is 42.2. The lowest BCUT2D eigenvalue weighted by atomic mass is 10.1. The van der Waals surface area contributed by atoms with E-state index in [1.165, 1.54) is 18.2 Å². The van der Waals surface area contributed by atoms with Crippen LogP contribution in [-0.2, 0) is 4.84 Å². The number of hydrogen-bond donors (Lipinski definition) is 0. The molecular formula is C20H15N3O5. The van der Waals surface area contributed by atoms with Gasteiger partial charge in [0.05, 0.1) is 23.9 Å². The fourth-order valence-corrected chi connectivity index (χ4v) is 2.94. The number of aromatic nitrogens is 2. The predicted molar refractivity (Wildman–Crippen MR) is 97.2 cm³/mol. The maximum Gasteiger partial charge on any atom is 0.384 e. The van der Waals surface area contributed by atoms with Crippen molar-refractivity contribution in [2.75, 3.05) is 7.11 Å². The van der Waals surface area contributed by atoms with E-state index in [2.05, 4.69) is 5.10 Å². The molecule has 8 nitrogen and oxygen atoms in total. The summed E-state index contributed by atoms with van der Waals surface area (Å²) in [6.07, 6.45) is 0. The van der Waals surface area contributed by atoms with E-state index >= 15 is 0 Å². The van der Waals surface area contributed by atoms with Gasteiger partial charge in [0.2, 0.25) is 0 Å². The van der Waals surface area contributed by atoms with Gasteiger partial charge in [0.15, 0.2) is 5.69 Å². The Morgan fingerprint density at radius 1 is 0.964 bits per heavy atom. The van der Waals surface area contributed by atoms with Crippen LogP contribution < -0.4 is 4.74 Å². The average Bonchev–Trinajstić information content (AvgIpc) is 3.22. The van der Waals surface area contributed by atoms with Gasteiger partial charge < -0.3 is 9.57 Å². The first-order valence-corrected chi connectivity index (χ1v) is 8.41. The summed E-state index contributed by atoms with van der Waals surface area (Å²) < 4.78 is 6.68. The normalized spacial score (nSPS) is 12.9. The van der Waals surface area contributed by atoms with Crippen molar-refractivity contribution in [2.45, 2.75) is 6.92 Å². The summed E-state index contributed by atoms with van der Waals surface area (Å²) in [5, 5.41) is 4.70. The van der Waals surface area contributed by atoms with E-state index in [4.69, 9.17) is 9.57 Å². The number of amides is 2. The van der Waals surface area contributed by atoms with Gasteiger partial charge in [0.25, 0.3) is 11.8 Å². The number of nitrogens with zero attached hydrogens (tertiary/aromatic N) is 3. The predicted octanol–water partition coefficient (Wildman–Crippen LogP) is 2.56. The minimum absolute atomic E-state index is 0.0233. The number of aryl methyl sites for hydroxylation is 1. The lowest BCUT2D eigenvalue weighted by Gasteiger charge is -2.11. The summed E-state index contributed by atoms with van der Waals surface area (Å²) in [6.45, 7) is 1.77. The Hall–Kier alpha value is -3.94. The van der Waals surface area contributed by atoms with Crippen LogP contribution >= 0.6 is 0 Å². The molecule has 0 unspecified atom stereocenters. The van der Waals surface area contributed by atoms with Crippen molar-refractivity contribution in [2.24, 2.45) is 0 Å². The molecule has 3 aromatic rings. The highest BCUT2D eigenvalue weighted by Gasteiger charge is 2.39. The zero-order valence-electron chi connectivity index (χ0n) is 15.1. The Labute approximate surface area is 159 Å². The van der Waals surface area contributed by atoms with Gasteiger partial charge in [0, 0.05) is 5.69 Å².